The Morgan fingerprint density at radius 2 is 1.00 bits per heavy atom. The van der Waals surface area contributed by atoms with Gasteiger partial charge >= 0.3 is 11.9 Å². The van der Waals surface area contributed by atoms with E-state index in [1.54, 1.807) is 27.7 Å². The van der Waals surface area contributed by atoms with E-state index < -0.39 is 32.3 Å². The largest absolute Gasteiger partial charge is 0.507 e. The third kappa shape index (κ3) is 9.02. The third-order valence-electron chi connectivity index (χ3n) is 8.80. The van der Waals surface area contributed by atoms with Crippen LogP contribution in [0.25, 0.3) is 0 Å². The Labute approximate surface area is 270 Å². The smallest absolute Gasteiger partial charge is 0.307 e. The maximum absolute atomic E-state index is 13.6. The summed E-state index contributed by atoms with van der Waals surface area (Å²) in [6, 6.07) is 3.78. The number of hydrogen-bond donors (Lipinski definition) is 2. The summed E-state index contributed by atoms with van der Waals surface area (Å²) < 4.78 is 38.2. The molecule has 0 spiro atoms. The van der Waals surface area contributed by atoms with Gasteiger partial charge in [-0.05, 0) is 95.9 Å². The van der Waals surface area contributed by atoms with Crippen LogP contribution in [0.1, 0.15) is 126 Å². The van der Waals surface area contributed by atoms with Crippen molar-refractivity contribution in [1.82, 2.24) is 0 Å². The summed E-state index contributed by atoms with van der Waals surface area (Å²) in [7, 11) is -3.89. The van der Waals surface area contributed by atoms with Crippen LogP contribution in [0.5, 0.6) is 11.5 Å². The van der Waals surface area contributed by atoms with Crippen molar-refractivity contribution in [2.45, 2.75) is 143 Å². The van der Waals surface area contributed by atoms with Crippen molar-refractivity contribution >= 4 is 21.8 Å². The average molecular weight is 647 g/mol. The Morgan fingerprint density at radius 3 is 1.27 bits per heavy atom. The molecule has 0 aliphatic carbocycles. The van der Waals surface area contributed by atoms with E-state index in [0.29, 0.717) is 22.3 Å². The van der Waals surface area contributed by atoms with E-state index in [1.807, 2.05) is 67.5 Å². The van der Waals surface area contributed by atoms with Gasteiger partial charge in [0.2, 0.25) is 0 Å². The molecule has 45 heavy (non-hydrogen) atoms. The van der Waals surface area contributed by atoms with Crippen molar-refractivity contribution in [2.24, 2.45) is 0 Å². The fourth-order valence-electron chi connectivity index (χ4n) is 5.67. The van der Waals surface area contributed by atoms with E-state index in [0.717, 1.165) is 22.3 Å². The summed E-state index contributed by atoms with van der Waals surface area (Å²) in [5.74, 6) is -0.999. The lowest BCUT2D eigenvalue weighted by molar-refractivity contribution is -0.145. The van der Waals surface area contributed by atoms with Crippen molar-refractivity contribution in [1.29, 1.82) is 0 Å². The van der Waals surface area contributed by atoms with Gasteiger partial charge in [-0.2, -0.15) is 0 Å². The fraction of sp³-hybridized carbons (Fsp3) is 0.611. The van der Waals surface area contributed by atoms with Crippen LogP contribution in [0.15, 0.2) is 12.1 Å². The summed E-state index contributed by atoms with van der Waals surface area (Å²) >= 11 is 0. The Bertz CT molecular complexity index is 1400. The van der Waals surface area contributed by atoms with Crippen LogP contribution in [0.2, 0.25) is 0 Å². The third-order valence-corrected chi connectivity index (χ3v) is 11.7. The molecule has 252 valence electrons. The second-order valence-electron chi connectivity index (χ2n) is 14.3. The SMILES string of the molecule is CCC(CC(=O)OCc1c(C)cc(C(C)(C)C)c(O)c1C)S(=O)(=O)C(CC)CC(=O)OCc1c(C)cc(C(C)(C)C)c(O)c1C. The predicted octanol–water partition coefficient (Wildman–Crippen LogP) is 7.47. The molecule has 0 heterocycles. The van der Waals surface area contributed by atoms with Crippen molar-refractivity contribution in [3.05, 3.63) is 56.6 Å². The number of ether oxygens (including phenoxy) is 2. The molecule has 0 aliphatic heterocycles. The Hall–Kier alpha value is -3.07. The van der Waals surface area contributed by atoms with Crippen molar-refractivity contribution < 1.29 is 37.7 Å². The molecule has 2 atom stereocenters. The summed E-state index contributed by atoms with van der Waals surface area (Å²) in [6.45, 7) is 22.6. The summed E-state index contributed by atoms with van der Waals surface area (Å²) in [5, 5.41) is 19.5. The standard InChI is InChI=1S/C36H54O8S/c1-13-25(17-31(37)43-19-27-21(3)15-29(35(7,8)9)33(39)23(27)5)45(41,42)26(14-2)18-32(38)44-20-28-22(4)16-30(36(10,11)12)34(40)24(28)6/h15-16,25-26,39-40H,13-14,17-20H2,1-12H3. The molecule has 0 radical (unpaired) electrons. The Morgan fingerprint density at radius 1 is 0.689 bits per heavy atom. The van der Waals surface area contributed by atoms with Gasteiger partial charge in [0.25, 0.3) is 0 Å². The number of carbonyl (C=O) groups excluding carboxylic acids is 2. The van der Waals surface area contributed by atoms with Gasteiger partial charge < -0.3 is 19.7 Å². The molecule has 0 amide bonds. The van der Waals surface area contributed by atoms with Crippen LogP contribution in [-0.4, -0.2) is 41.1 Å². The zero-order valence-corrected chi connectivity index (χ0v) is 30.1. The highest BCUT2D eigenvalue weighted by atomic mass is 32.2. The van der Waals surface area contributed by atoms with Crippen molar-refractivity contribution in [2.75, 3.05) is 0 Å². The minimum absolute atomic E-state index is 0.0837. The van der Waals surface area contributed by atoms with E-state index in [1.165, 1.54) is 0 Å². The molecule has 2 aromatic rings. The molecule has 0 fully saturated rings. The van der Waals surface area contributed by atoms with Crippen molar-refractivity contribution in [3.63, 3.8) is 0 Å². The molecule has 0 aliphatic rings. The van der Waals surface area contributed by atoms with Gasteiger partial charge in [-0.15, -0.1) is 0 Å². The van der Waals surface area contributed by atoms with Gasteiger partial charge in [0.15, 0.2) is 9.84 Å². The monoisotopic (exact) mass is 646 g/mol. The Balaban J connectivity index is 2.11. The molecule has 2 rings (SSSR count). The lowest BCUT2D eigenvalue weighted by Crippen LogP contribution is -2.35. The lowest BCUT2D eigenvalue weighted by atomic mass is 9.83. The second-order valence-corrected chi connectivity index (χ2v) is 16.8. The van der Waals surface area contributed by atoms with Gasteiger partial charge in [-0.3, -0.25) is 9.59 Å². The van der Waals surface area contributed by atoms with Crippen LogP contribution in [-0.2, 0) is 52.9 Å². The van der Waals surface area contributed by atoms with Gasteiger partial charge in [-0.25, -0.2) is 8.42 Å². The number of esters is 2. The number of phenolic OH excluding ortho intramolecular Hbond substituents is 2. The summed E-state index contributed by atoms with van der Waals surface area (Å²) in [4.78, 5) is 25.7. The zero-order valence-electron chi connectivity index (χ0n) is 29.3. The summed E-state index contributed by atoms with van der Waals surface area (Å²) in [6.07, 6.45) is -0.321. The molecule has 0 saturated heterocycles. The Kier molecular flexibility index (Phi) is 12.3. The van der Waals surface area contributed by atoms with E-state index >= 15 is 0 Å². The first kappa shape index (κ1) is 38.1. The number of aromatic hydroxyl groups is 2. The molecule has 9 heteroatoms. The maximum atomic E-state index is 13.6. The summed E-state index contributed by atoms with van der Waals surface area (Å²) in [5.41, 5.74) is 5.45. The number of phenols is 2. The number of aryl methyl sites for hydroxylation is 2. The first-order chi connectivity index (χ1) is 20.6. The molecule has 2 N–H and O–H groups in total. The zero-order chi connectivity index (χ0) is 34.7. The van der Waals surface area contributed by atoms with Crippen LogP contribution in [0, 0.1) is 27.7 Å². The molecular weight excluding hydrogens is 592 g/mol. The molecule has 0 bridgehead atoms. The predicted molar refractivity (Wildman–Crippen MR) is 178 cm³/mol. The van der Waals surface area contributed by atoms with Gasteiger partial charge in [0.1, 0.15) is 24.7 Å². The number of carbonyl (C=O) groups is 2. The van der Waals surface area contributed by atoms with Gasteiger partial charge in [0, 0.05) is 0 Å². The van der Waals surface area contributed by atoms with E-state index in [9.17, 15) is 28.2 Å². The highest BCUT2D eigenvalue weighted by molar-refractivity contribution is 7.92. The lowest BCUT2D eigenvalue weighted by Gasteiger charge is -2.25. The molecule has 0 aromatic heterocycles. The number of benzene rings is 2. The minimum Gasteiger partial charge on any atom is -0.507 e. The fourth-order valence-corrected chi connectivity index (χ4v) is 7.88. The van der Waals surface area contributed by atoms with E-state index in [2.05, 4.69) is 0 Å². The molecular formula is C36H54O8S. The molecule has 2 aromatic carbocycles. The van der Waals surface area contributed by atoms with Crippen molar-refractivity contribution in [3.8, 4) is 11.5 Å². The molecule has 0 saturated carbocycles. The first-order valence-corrected chi connectivity index (χ1v) is 17.4. The number of rotatable bonds is 12. The maximum Gasteiger partial charge on any atom is 0.307 e. The average Bonchev–Trinajstić information content (AvgIpc) is 2.92. The van der Waals surface area contributed by atoms with E-state index in [-0.39, 0.29) is 61.2 Å². The van der Waals surface area contributed by atoms with E-state index in [4.69, 9.17) is 9.47 Å². The van der Waals surface area contributed by atoms with Crippen LogP contribution in [0.3, 0.4) is 0 Å². The van der Waals surface area contributed by atoms with Crippen LogP contribution < -0.4 is 0 Å². The second kappa shape index (κ2) is 14.6. The first-order valence-electron chi connectivity index (χ1n) is 15.8. The van der Waals surface area contributed by atoms with Crippen LogP contribution in [0.4, 0.5) is 0 Å². The van der Waals surface area contributed by atoms with Gasteiger partial charge in [0.05, 0.1) is 23.3 Å². The highest BCUT2D eigenvalue weighted by Crippen LogP contribution is 2.38. The quantitative estimate of drug-likeness (QED) is 0.228. The topological polar surface area (TPSA) is 127 Å². The number of hydrogen-bond acceptors (Lipinski definition) is 8. The highest BCUT2D eigenvalue weighted by Gasteiger charge is 2.36. The van der Waals surface area contributed by atoms with Gasteiger partial charge in [-0.1, -0.05) is 67.5 Å². The molecule has 8 nitrogen and oxygen atoms in total. The molecule has 2 unspecified atom stereocenters. The normalized spacial score (nSPS) is 13.8. The van der Waals surface area contributed by atoms with Crippen LogP contribution >= 0.6 is 0 Å². The minimum atomic E-state index is -3.89. The number of sulfone groups is 1.